The highest BCUT2D eigenvalue weighted by molar-refractivity contribution is 5.99. The van der Waals surface area contributed by atoms with Gasteiger partial charge in [0.05, 0.1) is 13.2 Å². The molecule has 0 aliphatic carbocycles. The standard InChI is InChI=1S/C25H24N4O2/c1-31-23-8-3-2-7-20(23)22-14-28-25-21(22)12-18(13-27-25)16-5-4-6-17(11-16)24(26)29-10-9-19(30)15-29/h2-8,11-14,19,26,30H,9-10,15H2,1H3,(H,27,28). The Balaban J connectivity index is 1.53. The highest BCUT2D eigenvalue weighted by Gasteiger charge is 2.23. The molecule has 156 valence electrons. The van der Waals surface area contributed by atoms with Gasteiger partial charge in [0.15, 0.2) is 0 Å². The smallest absolute Gasteiger partial charge is 0.137 e. The van der Waals surface area contributed by atoms with Crippen molar-refractivity contribution in [3.63, 3.8) is 0 Å². The van der Waals surface area contributed by atoms with Gasteiger partial charge in [-0.3, -0.25) is 5.41 Å². The molecule has 1 aliphatic heterocycles. The number of para-hydroxylation sites is 1. The number of amidine groups is 1. The number of rotatable bonds is 4. The average Bonchev–Trinajstić information content (AvgIpc) is 3.44. The van der Waals surface area contributed by atoms with Gasteiger partial charge in [-0.15, -0.1) is 0 Å². The van der Waals surface area contributed by atoms with E-state index in [0.717, 1.165) is 44.6 Å². The molecule has 1 fully saturated rings. The number of fused-ring (bicyclic) bond motifs is 1. The minimum atomic E-state index is -0.350. The first kappa shape index (κ1) is 19.3. The van der Waals surface area contributed by atoms with Crippen LogP contribution in [0.1, 0.15) is 12.0 Å². The zero-order valence-electron chi connectivity index (χ0n) is 17.3. The van der Waals surface area contributed by atoms with Gasteiger partial charge >= 0.3 is 0 Å². The zero-order valence-corrected chi connectivity index (χ0v) is 17.3. The molecular formula is C25H24N4O2. The summed E-state index contributed by atoms with van der Waals surface area (Å²) < 4.78 is 5.55. The molecule has 0 amide bonds. The molecule has 3 N–H and O–H groups in total. The van der Waals surface area contributed by atoms with Crippen molar-refractivity contribution in [2.45, 2.75) is 12.5 Å². The van der Waals surface area contributed by atoms with Crippen molar-refractivity contribution in [2.24, 2.45) is 0 Å². The third-order valence-corrected chi connectivity index (χ3v) is 5.88. The van der Waals surface area contributed by atoms with E-state index in [9.17, 15) is 5.11 Å². The Labute approximate surface area is 180 Å². The summed E-state index contributed by atoms with van der Waals surface area (Å²) in [4.78, 5) is 9.81. The molecule has 4 aromatic rings. The lowest BCUT2D eigenvalue weighted by atomic mass is 10.00. The Morgan fingerprint density at radius 1 is 1.13 bits per heavy atom. The molecule has 1 atom stereocenters. The Bertz CT molecular complexity index is 1260. The lowest BCUT2D eigenvalue weighted by Gasteiger charge is -2.19. The van der Waals surface area contributed by atoms with Gasteiger partial charge in [0, 0.05) is 53.1 Å². The van der Waals surface area contributed by atoms with Crippen LogP contribution in [0.25, 0.3) is 33.3 Å². The van der Waals surface area contributed by atoms with Crippen molar-refractivity contribution in [1.29, 1.82) is 5.41 Å². The van der Waals surface area contributed by atoms with E-state index < -0.39 is 0 Å². The van der Waals surface area contributed by atoms with E-state index in [1.165, 1.54) is 0 Å². The Morgan fingerprint density at radius 3 is 2.81 bits per heavy atom. The second-order valence-corrected chi connectivity index (χ2v) is 7.84. The predicted molar refractivity (Wildman–Crippen MR) is 123 cm³/mol. The van der Waals surface area contributed by atoms with Gasteiger partial charge in [-0.05, 0) is 30.2 Å². The molecule has 6 nitrogen and oxygen atoms in total. The van der Waals surface area contributed by atoms with Crippen LogP contribution >= 0.6 is 0 Å². The number of aromatic nitrogens is 2. The number of likely N-dealkylation sites (tertiary alicyclic amines) is 1. The number of nitrogens with one attached hydrogen (secondary N) is 2. The van der Waals surface area contributed by atoms with Crippen LogP contribution in [0.5, 0.6) is 5.75 Å². The number of aromatic amines is 1. The fourth-order valence-corrected chi connectivity index (χ4v) is 4.22. The minimum absolute atomic E-state index is 0.350. The Morgan fingerprint density at radius 2 is 2.00 bits per heavy atom. The topological polar surface area (TPSA) is 85.2 Å². The number of pyridine rings is 1. The van der Waals surface area contributed by atoms with Gasteiger partial charge in [-0.25, -0.2) is 4.98 Å². The van der Waals surface area contributed by atoms with Crippen LogP contribution in [0.2, 0.25) is 0 Å². The number of β-amino-alcohol motifs (C(OH)–C–C–N with tert-alkyl or cyclic N) is 1. The maximum Gasteiger partial charge on any atom is 0.137 e. The van der Waals surface area contributed by atoms with E-state index >= 15 is 0 Å². The van der Waals surface area contributed by atoms with Gasteiger partial charge in [0.25, 0.3) is 0 Å². The summed E-state index contributed by atoms with van der Waals surface area (Å²) in [5.41, 5.74) is 5.70. The molecule has 0 radical (unpaired) electrons. The molecular weight excluding hydrogens is 388 g/mol. The van der Waals surface area contributed by atoms with Gasteiger partial charge in [0.1, 0.15) is 17.2 Å². The zero-order chi connectivity index (χ0) is 21.4. The summed E-state index contributed by atoms with van der Waals surface area (Å²) in [6.45, 7) is 1.23. The Hall–Kier alpha value is -3.64. The normalized spacial score (nSPS) is 16.1. The van der Waals surface area contributed by atoms with E-state index in [0.29, 0.717) is 25.3 Å². The highest BCUT2D eigenvalue weighted by Crippen LogP contribution is 2.36. The molecule has 2 aromatic heterocycles. The summed E-state index contributed by atoms with van der Waals surface area (Å²) >= 11 is 0. The first-order valence-corrected chi connectivity index (χ1v) is 10.4. The minimum Gasteiger partial charge on any atom is -0.496 e. The molecule has 1 saturated heterocycles. The van der Waals surface area contributed by atoms with Gasteiger partial charge < -0.3 is 19.7 Å². The third kappa shape index (κ3) is 3.55. The van der Waals surface area contributed by atoms with Gasteiger partial charge in [-0.1, -0.05) is 36.4 Å². The third-order valence-electron chi connectivity index (χ3n) is 5.88. The summed E-state index contributed by atoms with van der Waals surface area (Å²) in [5, 5.41) is 19.4. The molecule has 0 spiro atoms. The largest absolute Gasteiger partial charge is 0.496 e. The quantitative estimate of drug-likeness (QED) is 0.345. The number of H-pyrrole nitrogens is 1. The van der Waals surface area contributed by atoms with Crippen molar-refractivity contribution < 1.29 is 9.84 Å². The highest BCUT2D eigenvalue weighted by atomic mass is 16.5. The van der Waals surface area contributed by atoms with Crippen molar-refractivity contribution in [3.8, 4) is 28.0 Å². The van der Waals surface area contributed by atoms with Gasteiger partial charge in [0.2, 0.25) is 0 Å². The number of aliphatic hydroxyl groups is 1. The first-order valence-electron chi connectivity index (χ1n) is 10.4. The summed E-state index contributed by atoms with van der Waals surface area (Å²) in [7, 11) is 1.68. The average molecular weight is 412 g/mol. The fourth-order valence-electron chi connectivity index (χ4n) is 4.22. The van der Waals surface area contributed by atoms with Gasteiger partial charge in [-0.2, -0.15) is 0 Å². The summed E-state index contributed by atoms with van der Waals surface area (Å²) in [6, 6.07) is 18.0. The Kier molecular flexibility index (Phi) is 4.92. The van der Waals surface area contributed by atoms with Crippen molar-refractivity contribution in [2.75, 3.05) is 20.2 Å². The molecule has 1 unspecified atom stereocenters. The van der Waals surface area contributed by atoms with Crippen LogP contribution in [0.15, 0.2) is 67.0 Å². The van der Waals surface area contributed by atoms with Crippen LogP contribution in [0, 0.1) is 5.41 Å². The first-order chi connectivity index (χ1) is 15.1. The molecule has 6 heteroatoms. The van der Waals surface area contributed by atoms with Crippen LogP contribution in [0.4, 0.5) is 0 Å². The lowest BCUT2D eigenvalue weighted by molar-refractivity contribution is 0.188. The molecule has 0 bridgehead atoms. The maximum absolute atomic E-state index is 9.81. The lowest BCUT2D eigenvalue weighted by Crippen LogP contribution is -2.29. The summed E-state index contributed by atoms with van der Waals surface area (Å²) in [5.74, 6) is 1.26. The number of ether oxygens (including phenoxy) is 1. The number of methoxy groups -OCH3 is 1. The van der Waals surface area contributed by atoms with Crippen LogP contribution < -0.4 is 4.74 Å². The molecule has 1 aliphatic rings. The monoisotopic (exact) mass is 412 g/mol. The van der Waals surface area contributed by atoms with E-state index in [1.54, 1.807) is 7.11 Å². The SMILES string of the molecule is COc1ccccc1-c1c[nH]c2ncc(-c3cccc(C(=N)N4CCC(O)C4)c3)cc12. The fraction of sp³-hybridized carbons (Fsp3) is 0.200. The molecule has 5 rings (SSSR count). The number of hydrogen-bond acceptors (Lipinski definition) is 4. The molecule has 3 heterocycles. The van der Waals surface area contributed by atoms with E-state index in [1.807, 2.05) is 65.8 Å². The molecule has 2 aromatic carbocycles. The second-order valence-electron chi connectivity index (χ2n) is 7.84. The molecule has 0 saturated carbocycles. The van der Waals surface area contributed by atoms with E-state index in [2.05, 4.69) is 16.0 Å². The van der Waals surface area contributed by atoms with E-state index in [-0.39, 0.29) is 6.10 Å². The van der Waals surface area contributed by atoms with Crippen molar-refractivity contribution >= 4 is 16.9 Å². The number of benzene rings is 2. The number of aliphatic hydroxyl groups excluding tert-OH is 1. The molecule has 31 heavy (non-hydrogen) atoms. The van der Waals surface area contributed by atoms with Crippen LogP contribution in [-0.2, 0) is 0 Å². The maximum atomic E-state index is 9.81. The van der Waals surface area contributed by atoms with Crippen LogP contribution in [0.3, 0.4) is 0 Å². The number of hydrogen-bond donors (Lipinski definition) is 3. The summed E-state index contributed by atoms with van der Waals surface area (Å²) in [6.07, 6.45) is 4.18. The van der Waals surface area contributed by atoms with E-state index in [4.69, 9.17) is 10.1 Å². The van der Waals surface area contributed by atoms with Crippen molar-refractivity contribution in [3.05, 3.63) is 72.6 Å². The van der Waals surface area contributed by atoms with Crippen molar-refractivity contribution in [1.82, 2.24) is 14.9 Å². The van der Waals surface area contributed by atoms with Crippen LogP contribution in [-0.4, -0.2) is 52.1 Å². The second kappa shape index (κ2) is 7.89. The predicted octanol–water partition coefficient (Wildman–Crippen LogP) is 4.30. The number of nitrogens with zero attached hydrogens (tertiary/aromatic N) is 2.